The molecule has 3 N–H and O–H groups in total. The zero-order valence-corrected chi connectivity index (χ0v) is 35.0. The van der Waals surface area contributed by atoms with E-state index in [0.717, 1.165) is 78.6 Å². The molecule has 55 heavy (non-hydrogen) atoms. The maximum atomic E-state index is 11.6. The number of likely N-dealkylation sites (tertiary alicyclic amines) is 1. The molecule has 1 amide bonds. The van der Waals surface area contributed by atoms with Crippen LogP contribution in [0.2, 0.25) is 5.02 Å². The molecular formula is C41H51ClN6O4S3. The van der Waals surface area contributed by atoms with Crippen LogP contribution < -0.4 is 10.2 Å². The highest BCUT2D eigenvalue weighted by Crippen LogP contribution is 2.45. The van der Waals surface area contributed by atoms with Crippen LogP contribution in [0.3, 0.4) is 0 Å². The van der Waals surface area contributed by atoms with Gasteiger partial charge in [0.05, 0.1) is 17.4 Å². The summed E-state index contributed by atoms with van der Waals surface area (Å²) in [5, 5.41) is 6.39. The fourth-order valence-electron chi connectivity index (χ4n) is 8.85. The first-order valence-corrected chi connectivity index (χ1v) is 23.6. The van der Waals surface area contributed by atoms with Gasteiger partial charge in [-0.15, -0.1) is 0 Å². The van der Waals surface area contributed by atoms with Crippen molar-refractivity contribution in [3.63, 3.8) is 0 Å². The van der Waals surface area contributed by atoms with Gasteiger partial charge in [0.1, 0.15) is 5.82 Å². The average Bonchev–Trinajstić information content (AvgIpc) is 3.88. The number of nitrogens with zero attached hydrogens (tertiary/aromatic N) is 4. The third-order valence-electron chi connectivity index (χ3n) is 11.2. The molecule has 9 rings (SSSR count). The van der Waals surface area contributed by atoms with E-state index in [4.69, 9.17) is 16.2 Å². The van der Waals surface area contributed by atoms with Crippen molar-refractivity contribution in [1.29, 1.82) is 0 Å². The predicted molar refractivity (Wildman–Crippen MR) is 230 cm³/mol. The number of hydrogen-bond donors (Lipinski definition) is 3. The van der Waals surface area contributed by atoms with E-state index >= 15 is 0 Å². The second kappa shape index (κ2) is 17.5. The van der Waals surface area contributed by atoms with Crippen molar-refractivity contribution in [2.24, 2.45) is 5.92 Å². The van der Waals surface area contributed by atoms with Crippen LogP contribution in [0.5, 0.6) is 0 Å². The first-order chi connectivity index (χ1) is 26.5. The van der Waals surface area contributed by atoms with Crippen molar-refractivity contribution < 1.29 is 17.8 Å². The van der Waals surface area contributed by atoms with Crippen molar-refractivity contribution >= 4 is 83.4 Å². The normalized spacial score (nSPS) is 21.0. The quantitative estimate of drug-likeness (QED) is 0.136. The lowest BCUT2D eigenvalue weighted by atomic mass is 9.72. The first kappa shape index (κ1) is 40.0. The van der Waals surface area contributed by atoms with Gasteiger partial charge in [-0.05, 0) is 108 Å². The molecule has 4 aliphatic rings. The Bertz CT molecular complexity index is 2230. The molecule has 294 valence electrons. The highest BCUT2D eigenvalue weighted by atomic mass is 35.5. The monoisotopic (exact) mass is 822 g/mol. The van der Waals surface area contributed by atoms with Gasteiger partial charge in [0, 0.05) is 84.4 Å². The summed E-state index contributed by atoms with van der Waals surface area (Å²) in [6.45, 7) is 9.87. The van der Waals surface area contributed by atoms with Crippen molar-refractivity contribution in [3.8, 4) is 0 Å². The minimum Gasteiger partial charge on any atom is -0.361 e. The molecule has 1 aliphatic carbocycles. The van der Waals surface area contributed by atoms with Crippen molar-refractivity contribution in [2.45, 2.75) is 51.0 Å². The van der Waals surface area contributed by atoms with Crippen molar-refractivity contribution in [3.05, 3.63) is 88.1 Å². The summed E-state index contributed by atoms with van der Waals surface area (Å²) in [5.41, 5.74) is 7.53. The van der Waals surface area contributed by atoms with Crippen LogP contribution >= 0.6 is 34.9 Å². The molecule has 0 bridgehead atoms. The molecule has 2 saturated heterocycles. The highest BCUT2D eigenvalue weighted by Gasteiger charge is 2.40. The number of thioether (sulfide) groups is 1. The summed E-state index contributed by atoms with van der Waals surface area (Å²) >= 11 is 10.0. The molecule has 0 spiro atoms. The van der Waals surface area contributed by atoms with Crippen molar-refractivity contribution in [1.82, 2.24) is 19.2 Å². The molecule has 14 heteroatoms. The number of piperazine rings is 1. The predicted octanol–water partition coefficient (Wildman–Crippen LogP) is 7.58. The van der Waals surface area contributed by atoms with Gasteiger partial charge in [-0.2, -0.15) is 24.6 Å². The summed E-state index contributed by atoms with van der Waals surface area (Å²) in [6.07, 6.45) is 10.4. The van der Waals surface area contributed by atoms with Gasteiger partial charge >= 0.3 is 0 Å². The Kier molecular flexibility index (Phi) is 12.8. The fraction of sp³-hybridized carbons (Fsp3) is 0.463. The second-order valence-electron chi connectivity index (χ2n) is 15.2. The molecule has 5 heterocycles. The third-order valence-corrected chi connectivity index (χ3v) is 13.2. The SMILES string of the molecule is CCCN1C[C@H](CSC)C[C@@H]2c3cccc4[nH]cc(c34)C[C@H]21.CS(=O)(=O)O.O=C1Cc2cc(CCN3CCN(c4nsc5ccccc45)CC3)c(Cl)cc2N1. The lowest BCUT2D eigenvalue weighted by molar-refractivity contribution is -0.115. The maximum Gasteiger partial charge on any atom is 0.261 e. The van der Waals surface area contributed by atoms with E-state index in [1.54, 1.807) is 17.1 Å². The third kappa shape index (κ3) is 9.52. The average molecular weight is 824 g/mol. The minimum absolute atomic E-state index is 0.0499. The van der Waals surface area contributed by atoms with E-state index in [2.05, 4.69) is 97.3 Å². The van der Waals surface area contributed by atoms with Crippen LogP contribution in [0.25, 0.3) is 21.0 Å². The summed E-state index contributed by atoms with van der Waals surface area (Å²) in [4.78, 5) is 22.7. The van der Waals surface area contributed by atoms with E-state index in [-0.39, 0.29) is 5.91 Å². The number of aromatic nitrogens is 2. The number of piperidine rings is 1. The Hall–Kier alpha value is -3.17. The highest BCUT2D eigenvalue weighted by molar-refractivity contribution is 7.98. The molecule has 10 nitrogen and oxygen atoms in total. The van der Waals surface area contributed by atoms with Crippen LogP contribution in [0.1, 0.15) is 47.9 Å². The Morgan fingerprint density at radius 3 is 2.60 bits per heavy atom. The number of aromatic amines is 1. The zero-order chi connectivity index (χ0) is 38.7. The Morgan fingerprint density at radius 2 is 1.84 bits per heavy atom. The minimum atomic E-state index is -3.67. The van der Waals surface area contributed by atoms with Crippen molar-refractivity contribution in [2.75, 3.05) is 74.3 Å². The van der Waals surface area contributed by atoms with Gasteiger partial charge in [-0.1, -0.05) is 48.9 Å². The maximum absolute atomic E-state index is 11.6. The number of hydrogen-bond acceptors (Lipinski definition) is 9. The summed E-state index contributed by atoms with van der Waals surface area (Å²) in [6, 6.07) is 20.0. The van der Waals surface area contributed by atoms with E-state index in [9.17, 15) is 13.2 Å². The molecule has 5 aromatic rings. The summed E-state index contributed by atoms with van der Waals surface area (Å²) < 4.78 is 31.8. The van der Waals surface area contributed by atoms with Crippen LogP contribution in [0, 0.1) is 5.92 Å². The number of anilines is 2. The standard InChI is InChI=1S/C21H21ClN4OS.C19H26N2S.CH4O3S/c22-17-13-18-15(12-20(27)23-18)11-14(17)5-6-25-7-9-26(10-8-25)21-16-3-1-2-4-19(16)28-24-21;1-3-7-21-11-13(12-22-2)8-16-15-5-4-6-17-19(15)14(10-20-17)9-18(16)21;1-5(2,3)4/h1-4,11,13H,5-10,12H2,(H,23,27);4-6,10,13,16,18,20H,3,7-9,11-12H2,1-2H3;1H3,(H,2,3,4)/t;13-,16-,18-;/m.1./s1. The number of amides is 1. The topological polar surface area (TPSA) is 122 Å². The van der Waals surface area contributed by atoms with Gasteiger partial charge in [0.2, 0.25) is 5.91 Å². The van der Waals surface area contributed by atoms with E-state index < -0.39 is 10.1 Å². The molecule has 0 unspecified atom stereocenters. The largest absolute Gasteiger partial charge is 0.361 e. The number of H-pyrrole nitrogens is 1. The zero-order valence-electron chi connectivity index (χ0n) is 31.8. The van der Waals surface area contributed by atoms with E-state index in [1.807, 2.05) is 17.8 Å². The molecule has 0 saturated carbocycles. The number of nitrogens with one attached hydrogen (secondary N) is 2. The Balaban J connectivity index is 0.000000154. The van der Waals surface area contributed by atoms with Gasteiger partial charge < -0.3 is 15.2 Å². The molecular weight excluding hydrogens is 772 g/mol. The molecule has 3 atom stereocenters. The summed E-state index contributed by atoms with van der Waals surface area (Å²) in [5.74, 6) is 4.05. The van der Waals surface area contributed by atoms with Gasteiger partial charge in [-0.3, -0.25) is 19.1 Å². The number of benzene rings is 3. The molecule has 0 radical (unpaired) electrons. The fourth-order valence-corrected chi connectivity index (χ4v) is 10.6. The van der Waals surface area contributed by atoms with E-state index in [0.29, 0.717) is 18.7 Å². The summed E-state index contributed by atoms with van der Waals surface area (Å²) in [7, 11) is -3.67. The van der Waals surface area contributed by atoms with Gasteiger partial charge in [0.25, 0.3) is 10.1 Å². The smallest absolute Gasteiger partial charge is 0.261 e. The number of rotatable bonds is 8. The Morgan fingerprint density at radius 1 is 1.05 bits per heavy atom. The van der Waals surface area contributed by atoms with Crippen LogP contribution in [-0.2, 0) is 34.2 Å². The van der Waals surface area contributed by atoms with Crippen LogP contribution in [0.15, 0.2) is 60.8 Å². The van der Waals surface area contributed by atoms with E-state index in [1.165, 1.54) is 64.7 Å². The molecule has 3 aliphatic heterocycles. The lowest BCUT2D eigenvalue weighted by Gasteiger charge is -2.47. The number of halogens is 1. The Labute approximate surface area is 337 Å². The van der Waals surface area contributed by atoms with Crippen LogP contribution in [-0.4, -0.2) is 108 Å². The second-order valence-corrected chi connectivity index (χ2v) is 18.7. The molecule has 3 aromatic carbocycles. The molecule has 2 aromatic heterocycles. The van der Waals surface area contributed by atoms with Gasteiger partial charge in [0.15, 0.2) is 0 Å². The van der Waals surface area contributed by atoms with Crippen LogP contribution in [0.4, 0.5) is 11.5 Å². The lowest BCUT2D eigenvalue weighted by Crippen LogP contribution is -2.50. The number of carbonyl (C=O) groups excluding carboxylic acids is 1. The molecule has 2 fully saturated rings. The number of fused-ring (bicyclic) bond motifs is 4. The first-order valence-electron chi connectivity index (χ1n) is 19.2. The number of carbonyl (C=O) groups is 1. The van der Waals surface area contributed by atoms with Gasteiger partial charge in [-0.25, -0.2) is 0 Å².